The quantitative estimate of drug-likeness (QED) is 0.878. The zero-order valence-electron chi connectivity index (χ0n) is 10.4. The van der Waals surface area contributed by atoms with Gasteiger partial charge in [-0.25, -0.2) is 0 Å². The molecule has 1 aliphatic carbocycles. The third-order valence-corrected chi connectivity index (χ3v) is 3.62. The molecule has 19 heavy (non-hydrogen) atoms. The highest BCUT2D eigenvalue weighted by atomic mass is 19.4. The monoisotopic (exact) mass is 268 g/mol. The second-order valence-corrected chi connectivity index (χ2v) is 5.05. The molecule has 5 heteroatoms. The average Bonchev–Trinajstić information content (AvgIpc) is 2.91. The fraction of sp³-hybridized carbons (Fsp3) is 0.429. The molecule has 0 saturated carbocycles. The molecule has 2 N–H and O–H groups in total. The molecule has 2 aromatic rings. The molecule has 0 aliphatic heterocycles. The fourth-order valence-corrected chi connectivity index (χ4v) is 2.74. The molecule has 0 radical (unpaired) electrons. The molecule has 0 spiro atoms. The number of rotatable bonds is 3. The maximum atomic E-state index is 12.1. The van der Waals surface area contributed by atoms with E-state index in [2.05, 4.69) is 22.4 Å². The van der Waals surface area contributed by atoms with Crippen molar-refractivity contribution in [1.82, 2.24) is 10.3 Å². The number of hydrogen-bond acceptors (Lipinski definition) is 1. The topological polar surface area (TPSA) is 27.8 Å². The van der Waals surface area contributed by atoms with Crippen LogP contribution in [-0.2, 0) is 19.4 Å². The number of nitrogens with one attached hydrogen (secondary N) is 2. The summed E-state index contributed by atoms with van der Waals surface area (Å²) >= 11 is 0. The first-order chi connectivity index (χ1) is 9.03. The molecule has 3 rings (SSSR count). The smallest absolute Gasteiger partial charge is 0.361 e. The second kappa shape index (κ2) is 4.56. The van der Waals surface area contributed by atoms with Crippen LogP contribution in [0.2, 0.25) is 0 Å². The van der Waals surface area contributed by atoms with Gasteiger partial charge in [0.25, 0.3) is 0 Å². The van der Waals surface area contributed by atoms with Crippen molar-refractivity contribution in [2.24, 2.45) is 0 Å². The number of aromatic nitrogens is 1. The highest BCUT2D eigenvalue weighted by Gasteiger charge is 2.26. The van der Waals surface area contributed by atoms with Crippen LogP contribution in [0.4, 0.5) is 13.2 Å². The second-order valence-electron chi connectivity index (χ2n) is 5.05. The van der Waals surface area contributed by atoms with E-state index < -0.39 is 12.7 Å². The van der Waals surface area contributed by atoms with Gasteiger partial charge in [-0.2, -0.15) is 13.2 Å². The summed E-state index contributed by atoms with van der Waals surface area (Å²) in [4.78, 5) is 3.14. The summed E-state index contributed by atoms with van der Waals surface area (Å²) in [6.45, 7) is -0.719. The summed E-state index contributed by atoms with van der Waals surface area (Å²) in [5.41, 5.74) is 4.62. The van der Waals surface area contributed by atoms with E-state index in [1.54, 1.807) is 6.20 Å². The first-order valence-corrected chi connectivity index (χ1v) is 6.42. The van der Waals surface area contributed by atoms with E-state index in [-0.39, 0.29) is 6.54 Å². The van der Waals surface area contributed by atoms with Gasteiger partial charge in [-0.3, -0.25) is 0 Å². The van der Waals surface area contributed by atoms with E-state index in [0.29, 0.717) is 0 Å². The van der Waals surface area contributed by atoms with Gasteiger partial charge in [-0.1, -0.05) is 0 Å². The van der Waals surface area contributed by atoms with Crippen LogP contribution in [0.5, 0.6) is 0 Å². The van der Waals surface area contributed by atoms with Crippen molar-refractivity contribution in [2.45, 2.75) is 32.0 Å². The van der Waals surface area contributed by atoms with Gasteiger partial charge in [0.2, 0.25) is 0 Å². The average molecular weight is 268 g/mol. The van der Waals surface area contributed by atoms with Gasteiger partial charge in [0.1, 0.15) is 0 Å². The minimum Gasteiger partial charge on any atom is -0.361 e. The van der Waals surface area contributed by atoms with Crippen LogP contribution >= 0.6 is 0 Å². The summed E-state index contributed by atoms with van der Waals surface area (Å²) in [6.07, 6.45) is 0.984. The molecule has 1 aromatic carbocycles. The Morgan fingerprint density at radius 2 is 1.89 bits per heavy atom. The third kappa shape index (κ3) is 2.61. The van der Waals surface area contributed by atoms with Gasteiger partial charge >= 0.3 is 6.18 Å². The van der Waals surface area contributed by atoms with Crippen molar-refractivity contribution in [3.8, 4) is 0 Å². The Kier molecular flexibility index (Phi) is 3.01. The van der Waals surface area contributed by atoms with Gasteiger partial charge in [-0.15, -0.1) is 0 Å². The van der Waals surface area contributed by atoms with E-state index in [1.807, 2.05) is 0 Å². The largest absolute Gasteiger partial charge is 0.401 e. The molecule has 1 heterocycles. The molecule has 102 valence electrons. The lowest BCUT2D eigenvalue weighted by Gasteiger charge is -2.07. The number of halogens is 3. The van der Waals surface area contributed by atoms with Crippen LogP contribution in [0, 0.1) is 0 Å². The van der Waals surface area contributed by atoms with Crippen molar-refractivity contribution in [2.75, 3.05) is 6.54 Å². The van der Waals surface area contributed by atoms with E-state index >= 15 is 0 Å². The summed E-state index contributed by atoms with van der Waals surface area (Å²) in [7, 11) is 0. The van der Waals surface area contributed by atoms with Gasteiger partial charge in [0.15, 0.2) is 0 Å². The van der Waals surface area contributed by atoms with Gasteiger partial charge in [0, 0.05) is 23.6 Å². The number of H-pyrrole nitrogens is 1. The minimum absolute atomic E-state index is 0.234. The Bertz CT molecular complexity index is 598. The maximum Gasteiger partial charge on any atom is 0.401 e. The summed E-state index contributed by atoms with van der Waals surface area (Å²) in [6, 6.07) is 4.25. The van der Waals surface area contributed by atoms with Crippen molar-refractivity contribution < 1.29 is 13.2 Å². The van der Waals surface area contributed by atoms with E-state index in [1.165, 1.54) is 17.5 Å². The number of benzene rings is 1. The Morgan fingerprint density at radius 3 is 2.63 bits per heavy atom. The first-order valence-electron chi connectivity index (χ1n) is 6.42. The Morgan fingerprint density at radius 1 is 1.16 bits per heavy atom. The molecule has 0 unspecified atom stereocenters. The lowest BCUT2D eigenvalue weighted by atomic mass is 10.1. The van der Waals surface area contributed by atoms with E-state index in [0.717, 1.165) is 29.3 Å². The minimum atomic E-state index is -4.16. The lowest BCUT2D eigenvalue weighted by Crippen LogP contribution is -2.28. The van der Waals surface area contributed by atoms with Gasteiger partial charge in [0.05, 0.1) is 6.54 Å². The van der Waals surface area contributed by atoms with Crippen LogP contribution in [-0.4, -0.2) is 17.7 Å². The lowest BCUT2D eigenvalue weighted by molar-refractivity contribution is -0.125. The van der Waals surface area contributed by atoms with Crippen LogP contribution in [0.15, 0.2) is 18.3 Å². The molecule has 0 amide bonds. The van der Waals surface area contributed by atoms with Gasteiger partial charge in [-0.05, 0) is 48.1 Å². The first kappa shape index (κ1) is 12.5. The Labute approximate surface area is 109 Å². The summed E-state index contributed by atoms with van der Waals surface area (Å²) in [5.74, 6) is 0. The SMILES string of the molecule is FC(F)(F)CNCc1c[nH]c2cc3c(cc12)CCC3. The molecule has 1 aliphatic rings. The van der Waals surface area contributed by atoms with Crippen molar-refractivity contribution in [3.05, 3.63) is 35.0 Å². The van der Waals surface area contributed by atoms with Crippen LogP contribution in [0.1, 0.15) is 23.1 Å². The predicted octanol–water partition coefficient (Wildman–Crippen LogP) is 3.31. The number of fused-ring (bicyclic) bond motifs is 2. The third-order valence-electron chi connectivity index (χ3n) is 3.62. The molecular weight excluding hydrogens is 253 g/mol. The molecule has 0 saturated heterocycles. The number of aryl methyl sites for hydroxylation is 2. The van der Waals surface area contributed by atoms with Crippen LogP contribution in [0.3, 0.4) is 0 Å². The molecule has 0 fully saturated rings. The Balaban J connectivity index is 1.81. The molecule has 2 nitrogen and oxygen atoms in total. The highest BCUT2D eigenvalue weighted by molar-refractivity contribution is 5.85. The highest BCUT2D eigenvalue weighted by Crippen LogP contribution is 2.28. The molecular formula is C14H15F3N2. The zero-order chi connectivity index (χ0) is 13.5. The molecule has 1 aromatic heterocycles. The number of aromatic amines is 1. The number of hydrogen-bond donors (Lipinski definition) is 2. The van der Waals surface area contributed by atoms with Crippen LogP contribution < -0.4 is 5.32 Å². The normalized spacial score (nSPS) is 15.1. The van der Waals surface area contributed by atoms with E-state index in [9.17, 15) is 13.2 Å². The van der Waals surface area contributed by atoms with E-state index in [4.69, 9.17) is 0 Å². The number of alkyl halides is 3. The molecule has 0 bridgehead atoms. The van der Waals surface area contributed by atoms with Crippen molar-refractivity contribution >= 4 is 10.9 Å². The summed E-state index contributed by atoms with van der Waals surface area (Å²) < 4.78 is 36.3. The van der Waals surface area contributed by atoms with Crippen molar-refractivity contribution in [3.63, 3.8) is 0 Å². The fourth-order valence-electron chi connectivity index (χ4n) is 2.74. The maximum absolute atomic E-state index is 12.1. The Hall–Kier alpha value is -1.49. The van der Waals surface area contributed by atoms with Crippen LogP contribution in [0.25, 0.3) is 10.9 Å². The summed E-state index contributed by atoms with van der Waals surface area (Å²) in [5, 5.41) is 3.48. The zero-order valence-corrected chi connectivity index (χ0v) is 10.4. The predicted molar refractivity (Wildman–Crippen MR) is 68.1 cm³/mol. The van der Waals surface area contributed by atoms with Crippen molar-refractivity contribution in [1.29, 1.82) is 0 Å². The molecule has 0 atom stereocenters. The standard InChI is InChI=1S/C14H15F3N2/c15-14(16,17)8-18-6-11-7-19-13-5-10-3-1-2-9(10)4-12(11)13/h4-5,7,18-19H,1-3,6,8H2. The van der Waals surface area contributed by atoms with Gasteiger partial charge < -0.3 is 10.3 Å².